The molecule has 2 saturated heterocycles. The van der Waals surface area contributed by atoms with E-state index >= 15 is 0 Å². The van der Waals surface area contributed by atoms with E-state index < -0.39 is 10.0 Å². The highest BCUT2D eigenvalue weighted by Gasteiger charge is 2.34. The quantitative estimate of drug-likeness (QED) is 0.748. The number of aryl methyl sites for hydroxylation is 1. The lowest BCUT2D eigenvalue weighted by molar-refractivity contribution is -0.138. The largest absolute Gasteiger partial charge is 0.342 e. The van der Waals surface area contributed by atoms with Gasteiger partial charge in [0.05, 0.1) is 11.7 Å². The zero-order valence-corrected chi connectivity index (χ0v) is 17.2. The van der Waals surface area contributed by atoms with Crippen LogP contribution in [0.2, 0.25) is 0 Å². The fourth-order valence-corrected chi connectivity index (χ4v) is 5.70. The van der Waals surface area contributed by atoms with E-state index in [1.165, 1.54) is 5.56 Å². The zero-order chi connectivity index (χ0) is 19.3. The molecule has 27 heavy (non-hydrogen) atoms. The lowest BCUT2D eigenvalue weighted by Crippen LogP contribution is -2.48. The molecule has 0 bridgehead atoms. The summed E-state index contributed by atoms with van der Waals surface area (Å²) in [4.78, 5) is 14.8. The first-order valence-corrected chi connectivity index (χ1v) is 11.9. The van der Waals surface area contributed by atoms with Crippen LogP contribution in [-0.4, -0.2) is 55.5 Å². The number of rotatable bonds is 6. The molecule has 0 N–H and O–H groups in total. The Balaban J connectivity index is 1.52. The van der Waals surface area contributed by atoms with Crippen LogP contribution in [-0.2, 0) is 21.2 Å². The fourth-order valence-electron chi connectivity index (χ4n) is 4.12. The summed E-state index contributed by atoms with van der Waals surface area (Å²) >= 11 is 0. The minimum atomic E-state index is -3.30. The Hall–Kier alpha value is -1.40. The molecule has 2 aliphatic heterocycles. The number of hydrogen-bond acceptors (Lipinski definition) is 3. The maximum atomic E-state index is 12.8. The van der Waals surface area contributed by atoms with Gasteiger partial charge in [0.25, 0.3) is 0 Å². The number of carbonyl (C=O) groups is 1. The molecule has 0 radical (unpaired) electrons. The smallest absolute Gasteiger partial charge is 0.227 e. The summed E-state index contributed by atoms with van der Waals surface area (Å²) in [6.07, 6.45) is 5.08. The van der Waals surface area contributed by atoms with Gasteiger partial charge in [0.2, 0.25) is 15.9 Å². The van der Waals surface area contributed by atoms with Crippen LogP contribution >= 0.6 is 0 Å². The van der Waals surface area contributed by atoms with Crippen molar-refractivity contribution in [3.63, 3.8) is 0 Å². The molecule has 2 fully saturated rings. The normalized spacial score (nSPS) is 22.7. The molecule has 3 rings (SSSR count). The molecule has 0 aliphatic carbocycles. The van der Waals surface area contributed by atoms with Gasteiger partial charge in [-0.3, -0.25) is 4.79 Å². The van der Waals surface area contributed by atoms with Gasteiger partial charge in [-0.05, 0) is 50.0 Å². The number of benzene rings is 1. The minimum absolute atomic E-state index is 0.157. The second kappa shape index (κ2) is 9.20. The molecular formula is C21H32N2O3S. The maximum Gasteiger partial charge on any atom is 0.227 e. The molecule has 150 valence electrons. The molecule has 0 aromatic heterocycles. The average Bonchev–Trinajstić information content (AvgIpc) is 2.69. The van der Waals surface area contributed by atoms with E-state index in [1.54, 1.807) is 4.31 Å². The minimum Gasteiger partial charge on any atom is -0.342 e. The summed E-state index contributed by atoms with van der Waals surface area (Å²) in [7, 11) is -3.30. The van der Waals surface area contributed by atoms with Crippen molar-refractivity contribution in [3.05, 3.63) is 35.9 Å². The predicted molar refractivity (Wildman–Crippen MR) is 108 cm³/mol. The number of piperidine rings is 2. The molecule has 1 aromatic rings. The van der Waals surface area contributed by atoms with E-state index in [9.17, 15) is 13.2 Å². The summed E-state index contributed by atoms with van der Waals surface area (Å²) < 4.78 is 27.1. The van der Waals surface area contributed by atoms with E-state index in [-0.39, 0.29) is 17.6 Å². The van der Waals surface area contributed by atoms with Gasteiger partial charge in [-0.15, -0.1) is 0 Å². The first-order valence-electron chi connectivity index (χ1n) is 10.3. The molecule has 0 saturated carbocycles. The van der Waals surface area contributed by atoms with Gasteiger partial charge in [0, 0.05) is 26.2 Å². The van der Waals surface area contributed by atoms with Crippen molar-refractivity contribution in [3.8, 4) is 0 Å². The van der Waals surface area contributed by atoms with Crippen molar-refractivity contribution in [2.24, 2.45) is 11.8 Å². The maximum absolute atomic E-state index is 12.8. The number of nitrogens with zero attached hydrogens (tertiary/aromatic N) is 2. The van der Waals surface area contributed by atoms with Gasteiger partial charge in [0.1, 0.15) is 0 Å². The Morgan fingerprint density at radius 2 is 1.78 bits per heavy atom. The number of sulfonamides is 1. The van der Waals surface area contributed by atoms with E-state index in [2.05, 4.69) is 6.92 Å². The highest BCUT2D eigenvalue weighted by Crippen LogP contribution is 2.24. The Morgan fingerprint density at radius 1 is 1.07 bits per heavy atom. The van der Waals surface area contributed by atoms with Crippen LogP contribution in [0.5, 0.6) is 0 Å². The summed E-state index contributed by atoms with van der Waals surface area (Å²) in [6, 6.07) is 9.98. The molecule has 0 spiro atoms. The first kappa shape index (κ1) is 20.3. The molecule has 0 unspecified atom stereocenters. The summed E-state index contributed by atoms with van der Waals surface area (Å²) in [5.74, 6) is 0.827. The van der Waals surface area contributed by atoms with Crippen LogP contribution in [0.4, 0.5) is 0 Å². The van der Waals surface area contributed by atoms with Crippen molar-refractivity contribution in [2.45, 2.75) is 45.4 Å². The van der Waals surface area contributed by atoms with Crippen molar-refractivity contribution >= 4 is 15.9 Å². The Bertz CT molecular complexity index is 712. The van der Waals surface area contributed by atoms with Gasteiger partial charge in [-0.1, -0.05) is 37.3 Å². The van der Waals surface area contributed by atoms with Gasteiger partial charge < -0.3 is 4.90 Å². The van der Waals surface area contributed by atoms with E-state index in [1.807, 2.05) is 35.2 Å². The van der Waals surface area contributed by atoms with Crippen LogP contribution in [0, 0.1) is 11.8 Å². The lowest BCUT2D eigenvalue weighted by Gasteiger charge is -2.37. The van der Waals surface area contributed by atoms with Crippen molar-refractivity contribution in [1.29, 1.82) is 0 Å². The van der Waals surface area contributed by atoms with Crippen molar-refractivity contribution in [2.75, 3.05) is 31.9 Å². The second-order valence-corrected chi connectivity index (χ2v) is 10.2. The van der Waals surface area contributed by atoms with Gasteiger partial charge in [0.15, 0.2) is 0 Å². The predicted octanol–water partition coefficient (Wildman–Crippen LogP) is 2.92. The summed E-state index contributed by atoms with van der Waals surface area (Å²) in [5, 5.41) is 0. The molecular weight excluding hydrogens is 360 g/mol. The van der Waals surface area contributed by atoms with Gasteiger partial charge >= 0.3 is 0 Å². The third-order valence-electron chi connectivity index (χ3n) is 5.93. The Labute approximate surface area is 163 Å². The second-order valence-electron chi connectivity index (χ2n) is 8.11. The molecule has 6 heteroatoms. The lowest BCUT2D eigenvalue weighted by atomic mass is 9.94. The number of hydrogen-bond donors (Lipinski definition) is 0. The molecule has 5 nitrogen and oxygen atoms in total. The SMILES string of the molecule is CC1CCN(C(=O)[C@H]2CCCN(S(=O)(=O)CCCc3ccccc3)C2)CC1. The standard InChI is InChI=1S/C21H32N2O3S/c1-18-11-14-22(15-12-18)21(24)20-10-5-13-23(17-20)27(25,26)16-6-9-19-7-3-2-4-8-19/h2-4,7-8,18,20H,5-6,9-17H2,1H3/t20-/m0/s1. The first-order chi connectivity index (χ1) is 13.0. The number of amides is 1. The Kier molecular flexibility index (Phi) is 6.93. The molecule has 1 atom stereocenters. The molecule has 2 heterocycles. The van der Waals surface area contributed by atoms with Crippen LogP contribution < -0.4 is 0 Å². The van der Waals surface area contributed by atoms with Crippen LogP contribution in [0.25, 0.3) is 0 Å². The number of likely N-dealkylation sites (tertiary alicyclic amines) is 1. The van der Waals surface area contributed by atoms with Gasteiger partial charge in [-0.2, -0.15) is 0 Å². The molecule has 1 aromatic carbocycles. The third-order valence-corrected chi connectivity index (χ3v) is 7.86. The topological polar surface area (TPSA) is 57.7 Å². The van der Waals surface area contributed by atoms with Crippen LogP contribution in [0.1, 0.15) is 44.6 Å². The van der Waals surface area contributed by atoms with Crippen LogP contribution in [0.3, 0.4) is 0 Å². The third kappa shape index (κ3) is 5.55. The molecule has 2 aliphatic rings. The summed E-state index contributed by atoms with van der Waals surface area (Å²) in [5.41, 5.74) is 1.17. The number of carbonyl (C=O) groups excluding carboxylic acids is 1. The fraction of sp³-hybridized carbons (Fsp3) is 0.667. The van der Waals surface area contributed by atoms with E-state index in [4.69, 9.17) is 0 Å². The highest BCUT2D eigenvalue weighted by atomic mass is 32.2. The Morgan fingerprint density at radius 3 is 2.48 bits per heavy atom. The van der Waals surface area contributed by atoms with Crippen LogP contribution in [0.15, 0.2) is 30.3 Å². The van der Waals surface area contributed by atoms with E-state index in [0.29, 0.717) is 25.4 Å². The van der Waals surface area contributed by atoms with E-state index in [0.717, 1.165) is 45.2 Å². The summed E-state index contributed by atoms with van der Waals surface area (Å²) in [6.45, 7) is 4.78. The monoisotopic (exact) mass is 392 g/mol. The molecule has 1 amide bonds. The average molecular weight is 393 g/mol. The van der Waals surface area contributed by atoms with Gasteiger partial charge in [-0.25, -0.2) is 12.7 Å². The zero-order valence-electron chi connectivity index (χ0n) is 16.3. The highest BCUT2D eigenvalue weighted by molar-refractivity contribution is 7.89. The van der Waals surface area contributed by atoms with Crippen molar-refractivity contribution in [1.82, 2.24) is 9.21 Å². The van der Waals surface area contributed by atoms with Crippen molar-refractivity contribution < 1.29 is 13.2 Å².